The highest BCUT2D eigenvalue weighted by atomic mass is 31.0. The van der Waals surface area contributed by atoms with Gasteiger partial charge in [-0.3, -0.25) is 0 Å². The number of rotatable bonds is 1. The maximum atomic E-state index is 5.84. The molecule has 0 aliphatic rings. The lowest BCUT2D eigenvalue weighted by molar-refractivity contribution is 0.716. The molecular weight excluding hydrogens is 87.0 g/mol. The van der Waals surface area contributed by atoms with Crippen LogP contribution in [-0.4, -0.2) is 0 Å². The van der Waals surface area contributed by atoms with Crippen LogP contribution in [0.4, 0.5) is 0 Å². The van der Waals surface area contributed by atoms with Crippen molar-refractivity contribution < 1.29 is 0 Å². The van der Waals surface area contributed by atoms with E-state index in [-0.39, 0.29) is 9.90 Å². The zero-order chi connectivity index (χ0) is 3.41. The van der Waals surface area contributed by atoms with E-state index in [0.29, 0.717) is 0 Å². The maximum absolute atomic E-state index is 5.84. The molecule has 0 aliphatic heterocycles. The second kappa shape index (κ2) is 9.21. The molecule has 32 valence electrons. The molecule has 4 nitrogen and oxygen atoms in total. The Labute approximate surface area is 33.2 Å². The van der Waals surface area contributed by atoms with Crippen molar-refractivity contribution in [2.45, 2.75) is 0 Å². The van der Waals surface area contributed by atoms with Crippen LogP contribution in [0.25, 0.3) is 0 Å². The summed E-state index contributed by atoms with van der Waals surface area (Å²) in [6, 6.07) is 0. The molecule has 5 heavy (non-hydrogen) atoms. The average Bonchev–Trinajstić information content (AvgIpc) is 1.37. The van der Waals surface area contributed by atoms with Gasteiger partial charge < -0.3 is 0 Å². The predicted octanol–water partition coefficient (Wildman–Crippen LogP) is -0.546. The van der Waals surface area contributed by atoms with E-state index in [0.717, 1.165) is 0 Å². The van der Waals surface area contributed by atoms with Gasteiger partial charge >= 0.3 is 0 Å². The fourth-order valence-corrected chi connectivity index (χ4v) is 0. The van der Waals surface area contributed by atoms with E-state index in [1.807, 2.05) is 0 Å². The van der Waals surface area contributed by atoms with Gasteiger partial charge in [0.2, 0.25) is 0 Å². The molecule has 0 aromatic carbocycles. The van der Waals surface area contributed by atoms with Crippen LogP contribution >= 0.6 is 9.90 Å². The molecule has 1 atom stereocenters. The highest BCUT2D eigenvalue weighted by molar-refractivity contribution is 6.92. The molecule has 0 aromatic rings. The number of hydrogen-bond donors (Lipinski definition) is 3. The van der Waals surface area contributed by atoms with E-state index in [9.17, 15) is 0 Å². The van der Waals surface area contributed by atoms with Gasteiger partial charge in [-0.2, -0.15) is 15.4 Å². The number of nitrogens with zero attached hydrogens (tertiary/aromatic N) is 1. The lowest BCUT2D eigenvalue weighted by Crippen LogP contribution is -2.11. The summed E-state index contributed by atoms with van der Waals surface area (Å²) in [5.74, 6) is 4.42. The third-order valence-corrected chi connectivity index (χ3v) is 0.0645. The van der Waals surface area contributed by atoms with Gasteiger partial charge in [0.25, 0.3) is 0 Å². The monoisotopic (exact) mass is 94.0 g/mol. The number of nitrogens with one attached hydrogen (secondary N) is 2. The minimum Gasteiger partial charge on any atom is -0.233 e. The number of hydrazine groups is 1. The predicted molar refractivity (Wildman–Crippen MR) is 23.6 cm³/mol. The third kappa shape index (κ3) is 19.5. The van der Waals surface area contributed by atoms with Gasteiger partial charge in [0, 0.05) is 0 Å². The molecule has 0 heterocycles. The van der Waals surface area contributed by atoms with Crippen molar-refractivity contribution in [2.75, 3.05) is 0 Å². The van der Waals surface area contributed by atoms with Gasteiger partial charge in [-0.1, -0.05) is 5.22 Å². The van der Waals surface area contributed by atoms with E-state index in [1.165, 1.54) is 0 Å². The maximum Gasteiger partial charge on any atom is -0.0670 e. The van der Waals surface area contributed by atoms with Crippen LogP contribution in [0.5, 0.6) is 0 Å². The lowest BCUT2D eigenvalue weighted by atomic mass is 12.5. The van der Waals surface area contributed by atoms with Gasteiger partial charge in [-0.25, -0.2) is 11.4 Å². The Balaban J connectivity index is 0. The Bertz CT molecular complexity index is 17.6. The van der Waals surface area contributed by atoms with Crippen LogP contribution < -0.4 is 11.4 Å². The molecule has 0 spiro atoms. The van der Waals surface area contributed by atoms with E-state index in [2.05, 4.69) is 11.1 Å². The SMILES string of the molecule is N=NNN.P. The molecule has 0 aliphatic carbocycles. The van der Waals surface area contributed by atoms with Crippen LogP contribution in [0.15, 0.2) is 5.22 Å². The second-order valence-corrected chi connectivity index (χ2v) is 0.241. The van der Waals surface area contributed by atoms with Crippen LogP contribution in [0.1, 0.15) is 0 Å². The molecule has 0 radical (unpaired) electrons. The zero-order valence-corrected chi connectivity index (χ0v) is 4.15. The van der Waals surface area contributed by atoms with E-state index >= 15 is 0 Å². The van der Waals surface area contributed by atoms with Crippen molar-refractivity contribution >= 4 is 9.90 Å². The van der Waals surface area contributed by atoms with Crippen LogP contribution in [0.3, 0.4) is 0 Å². The van der Waals surface area contributed by atoms with E-state index in [1.54, 1.807) is 5.53 Å². The number of hydrogen-bond acceptors (Lipinski definition) is 3. The first kappa shape index (κ1) is 8.84. The topological polar surface area (TPSA) is 74.3 Å². The summed E-state index contributed by atoms with van der Waals surface area (Å²) in [7, 11) is 0. The fourth-order valence-electron chi connectivity index (χ4n) is 0. The lowest BCUT2D eigenvalue weighted by Gasteiger charge is -1.69. The van der Waals surface area contributed by atoms with Gasteiger partial charge in [-0.05, 0) is 0 Å². The molecule has 0 aromatic heterocycles. The Morgan fingerprint density at radius 2 is 2.00 bits per heavy atom. The zero-order valence-electron chi connectivity index (χ0n) is 2.73. The standard InChI is InChI=1S/H4N4.H3P/c1-3-4-2;/h(H2,1,4)(H2,2,3);1H3. The van der Waals surface area contributed by atoms with E-state index in [4.69, 9.17) is 5.53 Å². The molecule has 0 saturated carbocycles. The quantitative estimate of drug-likeness (QED) is 0.176. The molecule has 1 unspecified atom stereocenters. The summed E-state index contributed by atoms with van der Waals surface area (Å²) >= 11 is 0. The van der Waals surface area contributed by atoms with Gasteiger partial charge in [0.1, 0.15) is 0 Å². The largest absolute Gasteiger partial charge is 0.233 e. The molecule has 5 heteroatoms. The normalized spacial score (nSPS) is 4.20. The summed E-state index contributed by atoms with van der Waals surface area (Å²) in [6.07, 6.45) is 0. The minimum atomic E-state index is 0. The number of nitrogens with two attached hydrogens (primary N) is 1. The van der Waals surface area contributed by atoms with Gasteiger partial charge in [0.05, 0.1) is 0 Å². The molecule has 0 fully saturated rings. The van der Waals surface area contributed by atoms with Crippen molar-refractivity contribution in [1.29, 1.82) is 5.53 Å². The van der Waals surface area contributed by atoms with Crippen molar-refractivity contribution in [2.24, 2.45) is 11.1 Å². The first-order valence-electron chi connectivity index (χ1n) is 0.736. The Kier molecular flexibility index (Phi) is 16.3. The summed E-state index contributed by atoms with van der Waals surface area (Å²) in [5.41, 5.74) is 7.56. The fraction of sp³-hybridized carbons (Fsp3) is 0. The highest BCUT2D eigenvalue weighted by Gasteiger charge is 1.34. The summed E-state index contributed by atoms with van der Waals surface area (Å²) < 4.78 is 0. The van der Waals surface area contributed by atoms with Crippen molar-refractivity contribution in [3.63, 3.8) is 0 Å². The van der Waals surface area contributed by atoms with Crippen LogP contribution in [0, 0.1) is 5.53 Å². The smallest absolute Gasteiger partial charge is 0.0670 e. The van der Waals surface area contributed by atoms with Crippen LogP contribution in [0.2, 0.25) is 0 Å². The summed E-state index contributed by atoms with van der Waals surface area (Å²) in [6.45, 7) is 0. The third-order valence-electron chi connectivity index (χ3n) is 0.0645. The van der Waals surface area contributed by atoms with Crippen LogP contribution in [-0.2, 0) is 0 Å². The highest BCUT2D eigenvalue weighted by Crippen LogP contribution is 1.26. The first-order valence-corrected chi connectivity index (χ1v) is 0.736. The van der Waals surface area contributed by atoms with Crippen molar-refractivity contribution in [3.8, 4) is 0 Å². The first-order chi connectivity index (χ1) is 1.91. The Hall–Kier alpha value is -0.210. The average molecular weight is 94.1 g/mol. The molecular formula is H7N4P. The minimum absolute atomic E-state index is 0. The molecule has 0 rings (SSSR count). The van der Waals surface area contributed by atoms with Gasteiger partial charge in [0.15, 0.2) is 0 Å². The van der Waals surface area contributed by atoms with E-state index < -0.39 is 0 Å². The summed E-state index contributed by atoms with van der Waals surface area (Å²) in [4.78, 5) is 0. The van der Waals surface area contributed by atoms with Crippen molar-refractivity contribution in [1.82, 2.24) is 5.53 Å². The van der Waals surface area contributed by atoms with Crippen molar-refractivity contribution in [3.05, 3.63) is 0 Å². The molecule has 0 saturated heterocycles. The molecule has 0 bridgehead atoms. The Morgan fingerprint density at radius 3 is 2.00 bits per heavy atom. The summed E-state index contributed by atoms with van der Waals surface area (Å²) in [5, 5.41) is 2.51. The van der Waals surface area contributed by atoms with Gasteiger partial charge in [-0.15, -0.1) is 0 Å². The second-order valence-electron chi connectivity index (χ2n) is 0.241. The Morgan fingerprint density at radius 1 is 1.80 bits per heavy atom. The molecule has 4 N–H and O–H groups in total. The molecule has 0 amide bonds.